The number of halogens is 1. The van der Waals surface area contributed by atoms with Crippen LogP contribution >= 0.6 is 11.6 Å². The minimum absolute atomic E-state index is 0.175. The van der Waals surface area contributed by atoms with Crippen molar-refractivity contribution in [2.24, 2.45) is 0 Å². The van der Waals surface area contributed by atoms with Gasteiger partial charge in [-0.2, -0.15) is 0 Å². The summed E-state index contributed by atoms with van der Waals surface area (Å²) in [7, 11) is 1.56. The maximum Gasteiger partial charge on any atom is 0.323 e. The summed E-state index contributed by atoms with van der Waals surface area (Å²) in [5.74, 6) is -0.175. The highest BCUT2D eigenvalue weighted by atomic mass is 35.5. The Labute approximate surface area is 133 Å². The predicted octanol–water partition coefficient (Wildman–Crippen LogP) is 3.65. The highest BCUT2D eigenvalue weighted by Gasteiger charge is 2.08. The summed E-state index contributed by atoms with van der Waals surface area (Å²) in [5, 5.41) is 8.56. The molecule has 3 amide bonds. The maximum atomic E-state index is 12.0. The first kappa shape index (κ1) is 15.9. The fourth-order valence-electron chi connectivity index (χ4n) is 1.88. The van der Waals surface area contributed by atoms with E-state index < -0.39 is 0 Å². The van der Waals surface area contributed by atoms with Crippen LogP contribution in [0.2, 0.25) is 5.02 Å². The number of nitrogens with one attached hydrogen (secondary N) is 3. The van der Waals surface area contributed by atoms with Gasteiger partial charge in [-0.25, -0.2) is 4.79 Å². The maximum absolute atomic E-state index is 12.0. The van der Waals surface area contributed by atoms with Crippen LogP contribution in [-0.2, 0) is 0 Å². The van der Waals surface area contributed by atoms with Crippen LogP contribution in [-0.4, -0.2) is 19.0 Å². The van der Waals surface area contributed by atoms with Crippen LogP contribution in [0.1, 0.15) is 15.9 Å². The van der Waals surface area contributed by atoms with Crippen molar-refractivity contribution in [2.45, 2.75) is 6.92 Å². The number of rotatable bonds is 3. The van der Waals surface area contributed by atoms with Crippen molar-refractivity contribution in [1.82, 2.24) is 5.32 Å². The van der Waals surface area contributed by atoms with Crippen molar-refractivity contribution in [1.29, 1.82) is 0 Å². The van der Waals surface area contributed by atoms with Crippen LogP contribution in [0.3, 0.4) is 0 Å². The molecule has 0 unspecified atom stereocenters. The van der Waals surface area contributed by atoms with Gasteiger partial charge in [0.25, 0.3) is 5.91 Å². The molecule has 0 atom stereocenters. The zero-order chi connectivity index (χ0) is 16.1. The van der Waals surface area contributed by atoms with Gasteiger partial charge in [0.05, 0.1) is 0 Å². The monoisotopic (exact) mass is 317 g/mol. The van der Waals surface area contributed by atoms with Crippen molar-refractivity contribution in [3.8, 4) is 0 Å². The number of urea groups is 1. The molecule has 2 rings (SSSR count). The molecule has 0 aromatic heterocycles. The van der Waals surface area contributed by atoms with Crippen LogP contribution < -0.4 is 16.0 Å². The van der Waals surface area contributed by atoms with Gasteiger partial charge in [0.1, 0.15) is 0 Å². The van der Waals surface area contributed by atoms with E-state index in [0.29, 0.717) is 22.0 Å². The highest BCUT2D eigenvalue weighted by Crippen LogP contribution is 2.23. The molecule has 0 radical (unpaired) electrons. The summed E-state index contributed by atoms with van der Waals surface area (Å²) >= 11 is 6.01. The molecule has 0 fully saturated rings. The Kier molecular flexibility index (Phi) is 5.01. The Balaban J connectivity index is 2.03. The Morgan fingerprint density at radius 2 is 1.68 bits per heavy atom. The van der Waals surface area contributed by atoms with E-state index in [4.69, 9.17) is 11.6 Å². The van der Waals surface area contributed by atoms with Gasteiger partial charge < -0.3 is 16.0 Å². The molecule has 0 aliphatic carbocycles. The van der Waals surface area contributed by atoms with Gasteiger partial charge in [-0.3, -0.25) is 4.79 Å². The van der Waals surface area contributed by atoms with Crippen molar-refractivity contribution in [3.05, 3.63) is 58.6 Å². The second kappa shape index (κ2) is 6.95. The third-order valence-corrected chi connectivity index (χ3v) is 3.56. The van der Waals surface area contributed by atoms with E-state index in [1.165, 1.54) is 0 Å². The van der Waals surface area contributed by atoms with Crippen molar-refractivity contribution in [3.63, 3.8) is 0 Å². The minimum Gasteiger partial charge on any atom is -0.355 e. The predicted molar refractivity (Wildman–Crippen MR) is 88.7 cm³/mol. The number of benzene rings is 2. The molecule has 3 N–H and O–H groups in total. The molecular weight excluding hydrogens is 302 g/mol. The van der Waals surface area contributed by atoms with E-state index in [0.717, 1.165) is 5.56 Å². The number of carbonyl (C=O) groups excluding carboxylic acids is 2. The number of hydrogen-bond donors (Lipinski definition) is 3. The van der Waals surface area contributed by atoms with Gasteiger partial charge in [-0.1, -0.05) is 17.7 Å². The molecule has 2 aromatic carbocycles. The van der Waals surface area contributed by atoms with E-state index in [9.17, 15) is 9.59 Å². The summed E-state index contributed by atoms with van der Waals surface area (Å²) in [5.41, 5.74) is 2.56. The van der Waals surface area contributed by atoms with Gasteiger partial charge in [0.2, 0.25) is 0 Å². The molecule has 0 saturated carbocycles. The molecular formula is C16H16ClN3O2. The topological polar surface area (TPSA) is 70.2 Å². The lowest BCUT2D eigenvalue weighted by atomic mass is 10.2. The third kappa shape index (κ3) is 3.77. The standard InChI is InChI=1S/C16H16ClN3O2/c1-10-13(17)4-3-5-14(10)20-16(22)19-12-8-6-11(7-9-12)15(21)18-2/h3-9H,1-2H3,(H,18,21)(H2,19,20,22). The average Bonchev–Trinajstić information content (AvgIpc) is 2.52. The molecule has 0 aliphatic heterocycles. The minimum atomic E-state index is -0.377. The molecule has 0 spiro atoms. The molecule has 22 heavy (non-hydrogen) atoms. The van der Waals surface area contributed by atoms with E-state index in [1.54, 1.807) is 49.5 Å². The number of amides is 3. The van der Waals surface area contributed by atoms with Gasteiger partial charge in [-0.15, -0.1) is 0 Å². The van der Waals surface area contributed by atoms with Crippen LogP contribution in [0.25, 0.3) is 0 Å². The van der Waals surface area contributed by atoms with Gasteiger partial charge in [0.15, 0.2) is 0 Å². The van der Waals surface area contributed by atoms with E-state index in [2.05, 4.69) is 16.0 Å². The molecule has 0 saturated heterocycles. The smallest absolute Gasteiger partial charge is 0.323 e. The summed E-state index contributed by atoms with van der Waals surface area (Å²) in [6.45, 7) is 1.83. The quantitative estimate of drug-likeness (QED) is 0.808. The summed E-state index contributed by atoms with van der Waals surface area (Å²) < 4.78 is 0. The average molecular weight is 318 g/mol. The van der Waals surface area contributed by atoms with Crippen LogP contribution in [0.15, 0.2) is 42.5 Å². The van der Waals surface area contributed by atoms with Gasteiger partial charge in [0, 0.05) is 29.0 Å². The Morgan fingerprint density at radius 1 is 1.00 bits per heavy atom. The fourth-order valence-corrected chi connectivity index (χ4v) is 2.05. The number of hydrogen-bond acceptors (Lipinski definition) is 2. The lowest BCUT2D eigenvalue weighted by Gasteiger charge is -2.11. The highest BCUT2D eigenvalue weighted by molar-refractivity contribution is 6.31. The third-order valence-electron chi connectivity index (χ3n) is 3.15. The van der Waals surface area contributed by atoms with Gasteiger partial charge >= 0.3 is 6.03 Å². The number of carbonyl (C=O) groups is 2. The van der Waals surface area contributed by atoms with Crippen LogP contribution in [0, 0.1) is 6.92 Å². The van der Waals surface area contributed by atoms with Crippen molar-refractivity contribution < 1.29 is 9.59 Å². The molecule has 0 aliphatic rings. The zero-order valence-electron chi connectivity index (χ0n) is 12.2. The normalized spacial score (nSPS) is 9.95. The first-order chi connectivity index (χ1) is 10.5. The van der Waals surface area contributed by atoms with E-state index in [1.807, 2.05) is 6.92 Å². The molecule has 5 nitrogen and oxygen atoms in total. The number of anilines is 2. The fraction of sp³-hybridized carbons (Fsp3) is 0.125. The Hall–Kier alpha value is -2.53. The first-order valence-electron chi connectivity index (χ1n) is 6.66. The van der Waals surface area contributed by atoms with E-state index >= 15 is 0 Å². The molecule has 114 valence electrons. The molecule has 2 aromatic rings. The molecule has 0 heterocycles. The SMILES string of the molecule is CNC(=O)c1ccc(NC(=O)Nc2cccc(Cl)c2C)cc1. The first-order valence-corrected chi connectivity index (χ1v) is 7.04. The zero-order valence-corrected chi connectivity index (χ0v) is 13.0. The lowest BCUT2D eigenvalue weighted by Crippen LogP contribution is -2.20. The van der Waals surface area contributed by atoms with Crippen molar-refractivity contribution in [2.75, 3.05) is 17.7 Å². The largest absolute Gasteiger partial charge is 0.355 e. The van der Waals surface area contributed by atoms with Gasteiger partial charge in [-0.05, 0) is 48.9 Å². The van der Waals surface area contributed by atoms with Crippen LogP contribution in [0.4, 0.5) is 16.2 Å². The van der Waals surface area contributed by atoms with Crippen LogP contribution in [0.5, 0.6) is 0 Å². The van der Waals surface area contributed by atoms with E-state index in [-0.39, 0.29) is 11.9 Å². The molecule has 6 heteroatoms. The summed E-state index contributed by atoms with van der Waals surface area (Å²) in [6.07, 6.45) is 0. The van der Waals surface area contributed by atoms with Crippen molar-refractivity contribution >= 4 is 34.9 Å². The lowest BCUT2D eigenvalue weighted by molar-refractivity contribution is 0.0963. The Bertz CT molecular complexity index is 699. The summed E-state index contributed by atoms with van der Waals surface area (Å²) in [4.78, 5) is 23.4. The summed E-state index contributed by atoms with van der Waals surface area (Å²) in [6, 6.07) is 11.5. The Morgan fingerprint density at radius 3 is 2.32 bits per heavy atom. The molecule has 0 bridgehead atoms. The second-order valence-electron chi connectivity index (χ2n) is 4.65. The second-order valence-corrected chi connectivity index (χ2v) is 5.06.